The van der Waals surface area contributed by atoms with Crippen molar-refractivity contribution in [1.29, 1.82) is 0 Å². The van der Waals surface area contributed by atoms with Crippen LogP contribution < -0.4 is 5.69 Å². The van der Waals surface area contributed by atoms with Crippen LogP contribution in [0.15, 0.2) is 33.5 Å². The number of aromatic nitrogens is 3. The van der Waals surface area contributed by atoms with Gasteiger partial charge in [0.1, 0.15) is 0 Å². The summed E-state index contributed by atoms with van der Waals surface area (Å²) in [6.45, 7) is 0.00405. The first kappa shape index (κ1) is 14.9. The third-order valence-electron chi connectivity index (χ3n) is 2.74. The smallest absolute Gasteiger partial charge is 0.246 e. The molecule has 0 saturated carbocycles. The Kier molecular flexibility index (Phi) is 4.11. The first-order valence-corrected chi connectivity index (χ1v) is 8.26. The van der Waals surface area contributed by atoms with E-state index in [1.54, 1.807) is 18.2 Å². The van der Waals surface area contributed by atoms with Crippen LogP contribution in [-0.2, 0) is 16.6 Å². The van der Waals surface area contributed by atoms with E-state index in [-0.39, 0.29) is 6.54 Å². The van der Waals surface area contributed by atoms with Crippen molar-refractivity contribution in [3.63, 3.8) is 0 Å². The Morgan fingerprint density at radius 1 is 1.45 bits per heavy atom. The van der Waals surface area contributed by atoms with E-state index < -0.39 is 15.7 Å². The highest BCUT2D eigenvalue weighted by Gasteiger charge is 2.17. The maximum atomic E-state index is 11.8. The minimum Gasteiger partial charge on any atom is -0.246 e. The summed E-state index contributed by atoms with van der Waals surface area (Å²) in [6, 6.07) is 7.10. The Bertz CT molecular complexity index is 781. The molecule has 20 heavy (non-hydrogen) atoms. The standard InChI is InChI=1S/C11H13BrN4O3S/c1-15(20(2,18)19)7-10-13-14-11(17)16(10)9-5-3-4-8(12)6-9/h3-6H,7H2,1-2H3,(H,14,17). The molecule has 7 nitrogen and oxygen atoms in total. The summed E-state index contributed by atoms with van der Waals surface area (Å²) >= 11 is 3.33. The predicted octanol–water partition coefficient (Wildman–Crippen LogP) is 0.714. The molecule has 0 bridgehead atoms. The lowest BCUT2D eigenvalue weighted by molar-refractivity contribution is 0.458. The van der Waals surface area contributed by atoms with E-state index in [0.29, 0.717) is 11.5 Å². The van der Waals surface area contributed by atoms with Gasteiger partial charge in [-0.2, -0.15) is 9.40 Å². The van der Waals surface area contributed by atoms with Crippen LogP contribution in [-0.4, -0.2) is 40.8 Å². The van der Waals surface area contributed by atoms with Crippen LogP contribution in [0.2, 0.25) is 0 Å². The second-order valence-electron chi connectivity index (χ2n) is 4.28. The lowest BCUT2D eigenvalue weighted by atomic mass is 10.3. The zero-order chi connectivity index (χ0) is 14.9. The van der Waals surface area contributed by atoms with Gasteiger partial charge in [0, 0.05) is 11.5 Å². The highest BCUT2D eigenvalue weighted by molar-refractivity contribution is 9.10. The number of benzene rings is 1. The fraction of sp³-hybridized carbons (Fsp3) is 0.273. The summed E-state index contributed by atoms with van der Waals surface area (Å²) in [4.78, 5) is 11.8. The highest BCUT2D eigenvalue weighted by atomic mass is 79.9. The number of H-pyrrole nitrogens is 1. The van der Waals surface area contributed by atoms with Crippen LogP contribution >= 0.6 is 15.9 Å². The van der Waals surface area contributed by atoms with Gasteiger partial charge in [0.15, 0.2) is 5.82 Å². The van der Waals surface area contributed by atoms with E-state index in [1.165, 1.54) is 11.6 Å². The first-order valence-electron chi connectivity index (χ1n) is 5.62. The number of nitrogens with zero attached hydrogens (tertiary/aromatic N) is 3. The van der Waals surface area contributed by atoms with Gasteiger partial charge in [0.2, 0.25) is 10.0 Å². The highest BCUT2D eigenvalue weighted by Crippen LogP contribution is 2.15. The molecule has 0 aliphatic carbocycles. The molecule has 0 aliphatic heterocycles. The Hall–Kier alpha value is -1.45. The number of hydrogen-bond acceptors (Lipinski definition) is 4. The number of nitrogens with one attached hydrogen (secondary N) is 1. The molecule has 0 fully saturated rings. The van der Waals surface area contributed by atoms with Crippen LogP contribution in [0.5, 0.6) is 0 Å². The van der Waals surface area contributed by atoms with Crippen molar-refractivity contribution in [1.82, 2.24) is 19.1 Å². The lowest BCUT2D eigenvalue weighted by Gasteiger charge is -2.14. The SMILES string of the molecule is CN(Cc1n[nH]c(=O)n1-c1cccc(Br)c1)S(C)(=O)=O. The van der Waals surface area contributed by atoms with Gasteiger partial charge in [0.05, 0.1) is 18.5 Å². The molecule has 1 N–H and O–H groups in total. The van der Waals surface area contributed by atoms with Crippen LogP contribution in [0, 0.1) is 0 Å². The zero-order valence-corrected chi connectivity index (χ0v) is 13.3. The van der Waals surface area contributed by atoms with Crippen molar-refractivity contribution in [2.24, 2.45) is 0 Å². The monoisotopic (exact) mass is 360 g/mol. The van der Waals surface area contributed by atoms with Crippen LogP contribution in [0.4, 0.5) is 0 Å². The van der Waals surface area contributed by atoms with Crippen molar-refractivity contribution in [3.8, 4) is 5.69 Å². The van der Waals surface area contributed by atoms with E-state index in [4.69, 9.17) is 0 Å². The topological polar surface area (TPSA) is 88.1 Å². The summed E-state index contributed by atoms with van der Waals surface area (Å²) in [6.07, 6.45) is 1.10. The van der Waals surface area contributed by atoms with E-state index in [0.717, 1.165) is 15.0 Å². The van der Waals surface area contributed by atoms with E-state index >= 15 is 0 Å². The van der Waals surface area contributed by atoms with Crippen molar-refractivity contribution < 1.29 is 8.42 Å². The molecule has 0 aliphatic rings. The van der Waals surface area contributed by atoms with E-state index in [2.05, 4.69) is 26.1 Å². The van der Waals surface area contributed by atoms with Crippen molar-refractivity contribution in [2.45, 2.75) is 6.54 Å². The third kappa shape index (κ3) is 3.17. The molecular weight excluding hydrogens is 348 g/mol. The minimum atomic E-state index is -3.34. The molecule has 0 spiro atoms. The van der Waals surface area contributed by atoms with Crippen LogP contribution in [0.25, 0.3) is 5.69 Å². The van der Waals surface area contributed by atoms with Gasteiger partial charge < -0.3 is 0 Å². The molecule has 0 radical (unpaired) electrons. The van der Waals surface area contributed by atoms with Gasteiger partial charge in [-0.1, -0.05) is 22.0 Å². The largest absolute Gasteiger partial charge is 0.347 e. The average molecular weight is 361 g/mol. The van der Waals surface area contributed by atoms with Crippen molar-refractivity contribution >= 4 is 26.0 Å². The summed E-state index contributed by atoms with van der Waals surface area (Å²) in [5.41, 5.74) is 0.190. The molecular formula is C11H13BrN4O3S. The molecule has 0 unspecified atom stereocenters. The van der Waals surface area contributed by atoms with Crippen molar-refractivity contribution in [2.75, 3.05) is 13.3 Å². The van der Waals surface area contributed by atoms with Gasteiger partial charge in [-0.15, -0.1) is 0 Å². The molecule has 2 aromatic rings. The summed E-state index contributed by atoms with van der Waals surface area (Å²) in [5, 5.41) is 6.21. The van der Waals surface area contributed by atoms with Gasteiger partial charge in [-0.05, 0) is 18.2 Å². The molecule has 1 heterocycles. The predicted molar refractivity (Wildman–Crippen MR) is 78.2 cm³/mol. The molecule has 2 rings (SSSR count). The quantitative estimate of drug-likeness (QED) is 0.869. The molecule has 1 aromatic heterocycles. The van der Waals surface area contributed by atoms with Gasteiger partial charge >= 0.3 is 5.69 Å². The molecule has 108 valence electrons. The fourth-order valence-corrected chi connectivity index (χ4v) is 2.37. The Labute approximate surface area is 124 Å². The Morgan fingerprint density at radius 2 is 2.15 bits per heavy atom. The summed E-state index contributed by atoms with van der Waals surface area (Å²) in [5.74, 6) is 0.320. The maximum absolute atomic E-state index is 11.8. The molecule has 0 atom stereocenters. The lowest BCUT2D eigenvalue weighted by Crippen LogP contribution is -2.27. The number of sulfonamides is 1. The molecule has 0 amide bonds. The second-order valence-corrected chi connectivity index (χ2v) is 7.28. The van der Waals surface area contributed by atoms with Gasteiger partial charge in [-0.3, -0.25) is 0 Å². The number of halogens is 1. The molecule has 0 saturated heterocycles. The first-order chi connectivity index (χ1) is 9.29. The van der Waals surface area contributed by atoms with E-state index in [9.17, 15) is 13.2 Å². The average Bonchev–Trinajstić information content (AvgIpc) is 2.69. The van der Waals surface area contributed by atoms with Crippen molar-refractivity contribution in [3.05, 3.63) is 45.0 Å². The Balaban J connectivity index is 2.46. The number of hydrogen-bond donors (Lipinski definition) is 1. The summed E-state index contributed by atoms with van der Waals surface area (Å²) in [7, 11) is -1.91. The Morgan fingerprint density at radius 3 is 2.75 bits per heavy atom. The van der Waals surface area contributed by atoms with Gasteiger partial charge in [0.25, 0.3) is 0 Å². The normalized spacial score (nSPS) is 12.0. The van der Waals surface area contributed by atoms with Crippen LogP contribution in [0.1, 0.15) is 5.82 Å². The second kappa shape index (κ2) is 5.51. The molecule has 1 aromatic carbocycles. The number of rotatable bonds is 4. The number of aromatic amines is 1. The molecule has 9 heteroatoms. The third-order valence-corrected chi connectivity index (χ3v) is 4.49. The zero-order valence-electron chi connectivity index (χ0n) is 10.9. The minimum absolute atomic E-state index is 0.00405. The summed E-state index contributed by atoms with van der Waals surface area (Å²) < 4.78 is 26.1. The fourth-order valence-electron chi connectivity index (χ4n) is 1.63. The maximum Gasteiger partial charge on any atom is 0.347 e. The van der Waals surface area contributed by atoms with Gasteiger partial charge in [-0.25, -0.2) is 22.9 Å². The van der Waals surface area contributed by atoms with E-state index in [1.807, 2.05) is 6.07 Å². The van der Waals surface area contributed by atoms with Crippen LogP contribution in [0.3, 0.4) is 0 Å².